The molecule has 2 aromatic carbocycles. The van der Waals surface area contributed by atoms with Crippen molar-refractivity contribution in [3.63, 3.8) is 0 Å². The summed E-state index contributed by atoms with van der Waals surface area (Å²) in [5.74, 6) is -0.527. The van der Waals surface area contributed by atoms with Crippen molar-refractivity contribution in [1.29, 1.82) is 0 Å². The van der Waals surface area contributed by atoms with E-state index in [1.165, 1.54) is 28.6 Å². The summed E-state index contributed by atoms with van der Waals surface area (Å²) < 4.78 is 27.1. The lowest BCUT2D eigenvalue weighted by atomic mass is 10.0. The van der Waals surface area contributed by atoms with E-state index in [4.69, 9.17) is 11.6 Å². The number of benzene rings is 2. The fourth-order valence-corrected chi connectivity index (χ4v) is 5.26. The lowest BCUT2D eigenvalue weighted by Crippen LogP contribution is -2.39. The predicted molar refractivity (Wildman–Crippen MR) is 121 cm³/mol. The van der Waals surface area contributed by atoms with Crippen LogP contribution >= 0.6 is 11.6 Å². The Balaban J connectivity index is 1.59. The van der Waals surface area contributed by atoms with Crippen molar-refractivity contribution in [3.8, 4) is 0 Å². The topological polar surface area (TPSA) is 95.6 Å². The molecule has 1 aliphatic heterocycles. The number of hydrogen-bond acceptors (Lipinski definition) is 4. The monoisotopic (exact) mass is 463 g/mol. The van der Waals surface area contributed by atoms with E-state index in [1.54, 1.807) is 25.1 Å². The lowest BCUT2D eigenvalue weighted by molar-refractivity contribution is -0.115. The molecule has 1 fully saturated rings. The summed E-state index contributed by atoms with van der Waals surface area (Å²) in [6.07, 6.45) is 1.87. The number of carbonyl (C=O) groups excluding carboxylic acids is 2. The zero-order valence-corrected chi connectivity index (χ0v) is 19.1. The molecule has 1 atom stereocenters. The van der Waals surface area contributed by atoms with Gasteiger partial charge in [-0.25, -0.2) is 8.42 Å². The van der Waals surface area contributed by atoms with Crippen LogP contribution in [0.25, 0.3) is 0 Å². The van der Waals surface area contributed by atoms with E-state index >= 15 is 0 Å². The third-order valence-electron chi connectivity index (χ3n) is 5.33. The summed E-state index contributed by atoms with van der Waals surface area (Å²) in [5.41, 5.74) is 1.59. The Hall–Kier alpha value is -2.42. The summed E-state index contributed by atoms with van der Waals surface area (Å²) in [6, 6.07) is 10.9. The van der Waals surface area contributed by atoms with E-state index in [-0.39, 0.29) is 17.0 Å². The molecule has 1 heterocycles. The first-order valence-corrected chi connectivity index (χ1v) is 11.9. The Morgan fingerprint density at radius 2 is 1.87 bits per heavy atom. The summed E-state index contributed by atoms with van der Waals surface area (Å²) in [4.78, 5) is 24.7. The predicted octanol–water partition coefficient (Wildman–Crippen LogP) is 3.44. The van der Waals surface area contributed by atoms with Crippen LogP contribution in [-0.2, 0) is 14.8 Å². The average molecular weight is 464 g/mol. The van der Waals surface area contributed by atoms with Gasteiger partial charge in [-0.2, -0.15) is 4.31 Å². The number of anilines is 1. The van der Waals surface area contributed by atoms with Gasteiger partial charge in [0.2, 0.25) is 15.9 Å². The molecule has 1 saturated heterocycles. The van der Waals surface area contributed by atoms with Crippen molar-refractivity contribution in [1.82, 2.24) is 9.62 Å². The lowest BCUT2D eigenvalue weighted by Gasteiger charge is -2.30. The third kappa shape index (κ3) is 5.64. The summed E-state index contributed by atoms with van der Waals surface area (Å²) in [7, 11) is -3.58. The summed E-state index contributed by atoms with van der Waals surface area (Å²) in [6.45, 7) is 4.62. The van der Waals surface area contributed by atoms with Gasteiger partial charge in [-0.05, 0) is 67.6 Å². The van der Waals surface area contributed by atoms with Gasteiger partial charge in [-0.1, -0.05) is 24.6 Å². The van der Waals surface area contributed by atoms with Crippen LogP contribution in [-0.4, -0.2) is 44.2 Å². The molecule has 2 aromatic rings. The van der Waals surface area contributed by atoms with E-state index in [2.05, 4.69) is 10.6 Å². The number of piperidine rings is 1. The molecule has 0 saturated carbocycles. The number of hydrogen-bond donors (Lipinski definition) is 2. The third-order valence-corrected chi connectivity index (χ3v) is 7.61. The average Bonchev–Trinajstić information content (AvgIpc) is 2.75. The van der Waals surface area contributed by atoms with Crippen molar-refractivity contribution in [2.75, 3.05) is 25.0 Å². The zero-order chi connectivity index (χ0) is 22.6. The highest BCUT2D eigenvalue weighted by atomic mass is 35.5. The van der Waals surface area contributed by atoms with E-state index in [0.717, 1.165) is 18.4 Å². The molecule has 166 valence electrons. The first kappa shape index (κ1) is 23.2. The second-order valence-corrected chi connectivity index (χ2v) is 10.1. The van der Waals surface area contributed by atoms with Crippen molar-refractivity contribution < 1.29 is 18.0 Å². The smallest absolute Gasteiger partial charge is 0.251 e. The molecule has 31 heavy (non-hydrogen) atoms. The second-order valence-electron chi connectivity index (χ2n) is 7.78. The maximum atomic E-state index is 12.8. The number of rotatable bonds is 6. The Bertz CT molecular complexity index is 1070. The molecule has 0 spiro atoms. The highest BCUT2D eigenvalue weighted by Crippen LogP contribution is 2.24. The molecular weight excluding hydrogens is 438 g/mol. The van der Waals surface area contributed by atoms with Gasteiger partial charge in [-0.3, -0.25) is 9.59 Å². The highest BCUT2D eigenvalue weighted by Gasteiger charge is 2.28. The second kappa shape index (κ2) is 9.80. The number of halogens is 1. The van der Waals surface area contributed by atoms with Crippen LogP contribution in [0.4, 0.5) is 5.69 Å². The fraction of sp³-hybridized carbons (Fsp3) is 0.364. The van der Waals surface area contributed by atoms with Crippen LogP contribution in [0.2, 0.25) is 5.02 Å². The van der Waals surface area contributed by atoms with Gasteiger partial charge in [0.1, 0.15) is 0 Å². The zero-order valence-electron chi connectivity index (χ0n) is 17.5. The number of sulfonamides is 1. The molecule has 1 aliphatic rings. The summed E-state index contributed by atoms with van der Waals surface area (Å²) >= 11 is 6.04. The maximum absolute atomic E-state index is 12.8. The van der Waals surface area contributed by atoms with Gasteiger partial charge in [0.25, 0.3) is 5.91 Å². The van der Waals surface area contributed by atoms with E-state index in [9.17, 15) is 18.0 Å². The van der Waals surface area contributed by atoms with E-state index in [1.807, 2.05) is 6.92 Å². The van der Waals surface area contributed by atoms with E-state index in [0.29, 0.717) is 29.7 Å². The fourth-order valence-electron chi connectivity index (χ4n) is 3.49. The van der Waals surface area contributed by atoms with Gasteiger partial charge < -0.3 is 10.6 Å². The molecular formula is C22H26ClN3O4S. The van der Waals surface area contributed by atoms with Crippen LogP contribution in [0.5, 0.6) is 0 Å². The van der Waals surface area contributed by atoms with E-state index < -0.39 is 21.8 Å². The highest BCUT2D eigenvalue weighted by molar-refractivity contribution is 7.89. The molecule has 0 bridgehead atoms. The number of nitrogens with zero attached hydrogens (tertiary/aromatic N) is 1. The van der Waals surface area contributed by atoms with Crippen LogP contribution in [0, 0.1) is 12.8 Å². The van der Waals surface area contributed by atoms with Crippen LogP contribution in [0.1, 0.15) is 35.7 Å². The number of nitrogens with one attached hydrogen (secondary N) is 2. The number of carbonyl (C=O) groups is 2. The van der Waals surface area contributed by atoms with Crippen molar-refractivity contribution >= 4 is 39.1 Å². The van der Waals surface area contributed by atoms with Crippen LogP contribution < -0.4 is 10.6 Å². The summed E-state index contributed by atoms with van der Waals surface area (Å²) in [5, 5.41) is 5.78. The van der Waals surface area contributed by atoms with Crippen molar-refractivity contribution in [2.45, 2.75) is 31.6 Å². The molecule has 2 amide bonds. The molecule has 0 aliphatic carbocycles. The molecule has 0 aromatic heterocycles. The minimum Gasteiger partial charge on any atom is -0.343 e. The van der Waals surface area contributed by atoms with Crippen molar-refractivity contribution in [2.24, 2.45) is 5.92 Å². The van der Waals surface area contributed by atoms with Gasteiger partial charge in [0.05, 0.1) is 11.4 Å². The Morgan fingerprint density at radius 1 is 1.16 bits per heavy atom. The maximum Gasteiger partial charge on any atom is 0.251 e. The Kier molecular flexibility index (Phi) is 7.35. The van der Waals surface area contributed by atoms with Gasteiger partial charge in [0.15, 0.2) is 0 Å². The first-order chi connectivity index (χ1) is 14.7. The normalized spacial score (nSPS) is 17.2. The SMILES string of the molecule is Cc1c(Cl)cccc1NC(=O)CNC(=O)c1ccc(S(=O)(=O)N2CCCC(C)C2)cc1. The Morgan fingerprint density at radius 3 is 2.55 bits per heavy atom. The van der Waals surface area contributed by atoms with Crippen LogP contribution in [0.15, 0.2) is 47.4 Å². The molecule has 9 heteroatoms. The molecule has 3 rings (SSSR count). The van der Waals surface area contributed by atoms with Crippen LogP contribution in [0.3, 0.4) is 0 Å². The van der Waals surface area contributed by atoms with Crippen molar-refractivity contribution in [3.05, 3.63) is 58.6 Å². The number of amides is 2. The largest absolute Gasteiger partial charge is 0.343 e. The standard InChI is InChI=1S/C22H26ClN3O4S/c1-15-5-4-12-26(14-15)31(29,30)18-10-8-17(9-11-18)22(28)24-13-21(27)25-20-7-3-6-19(23)16(20)2/h3,6-11,15H,4-5,12-14H2,1-2H3,(H,24,28)(H,25,27). The molecule has 0 radical (unpaired) electrons. The molecule has 7 nitrogen and oxygen atoms in total. The minimum absolute atomic E-state index is 0.160. The Labute approximate surface area is 187 Å². The van der Waals surface area contributed by atoms with Gasteiger partial charge >= 0.3 is 0 Å². The quantitative estimate of drug-likeness (QED) is 0.685. The molecule has 2 N–H and O–H groups in total. The first-order valence-electron chi connectivity index (χ1n) is 10.1. The molecule has 1 unspecified atom stereocenters. The van der Waals surface area contributed by atoms with Gasteiger partial charge in [0, 0.05) is 29.4 Å². The minimum atomic E-state index is -3.58. The van der Waals surface area contributed by atoms with Gasteiger partial charge in [-0.15, -0.1) is 0 Å².